The standard InChI is InChI=1S/C11H11N5O3/c1-6-3-4-8(9(5-6)16(18)19)13-14-10-7(2)12-15-11(10)17/h3-5,10H,1-2H3,(H,15,17). The number of carbonyl (C=O) groups excluding carboxylic acids is 1. The maximum Gasteiger partial charge on any atom is 0.296 e. The van der Waals surface area contributed by atoms with Crippen LogP contribution in [0.15, 0.2) is 33.5 Å². The molecule has 0 fully saturated rings. The molecule has 0 saturated carbocycles. The van der Waals surface area contributed by atoms with Gasteiger partial charge in [-0.15, -0.1) is 5.11 Å². The molecule has 1 unspecified atom stereocenters. The first-order valence-corrected chi connectivity index (χ1v) is 5.49. The smallest absolute Gasteiger partial charge is 0.270 e. The Hall–Kier alpha value is -2.64. The van der Waals surface area contributed by atoms with Gasteiger partial charge in [-0.25, -0.2) is 5.43 Å². The Bertz CT molecular complexity index is 608. The lowest BCUT2D eigenvalue weighted by Crippen LogP contribution is -2.25. The number of amides is 1. The highest BCUT2D eigenvalue weighted by Crippen LogP contribution is 2.28. The van der Waals surface area contributed by atoms with E-state index in [0.717, 1.165) is 5.56 Å². The number of nitro groups is 1. The summed E-state index contributed by atoms with van der Waals surface area (Å²) in [5.74, 6) is -0.393. The van der Waals surface area contributed by atoms with Gasteiger partial charge in [-0.05, 0) is 25.5 Å². The van der Waals surface area contributed by atoms with Crippen molar-refractivity contribution in [3.8, 4) is 0 Å². The molecule has 0 bridgehead atoms. The number of nitrogens with one attached hydrogen (secondary N) is 1. The van der Waals surface area contributed by atoms with E-state index in [0.29, 0.717) is 5.71 Å². The molecule has 1 aromatic carbocycles. The zero-order valence-corrected chi connectivity index (χ0v) is 10.3. The van der Waals surface area contributed by atoms with Crippen LogP contribution < -0.4 is 5.43 Å². The summed E-state index contributed by atoms with van der Waals surface area (Å²) in [6.07, 6.45) is 0. The molecule has 1 aromatic rings. The fraction of sp³-hybridized carbons (Fsp3) is 0.273. The molecule has 8 heteroatoms. The van der Waals surface area contributed by atoms with E-state index in [1.54, 1.807) is 19.9 Å². The summed E-state index contributed by atoms with van der Waals surface area (Å²) >= 11 is 0. The third-order valence-electron chi connectivity index (χ3n) is 2.60. The largest absolute Gasteiger partial charge is 0.296 e. The van der Waals surface area contributed by atoms with Crippen LogP contribution in [0.1, 0.15) is 12.5 Å². The summed E-state index contributed by atoms with van der Waals surface area (Å²) in [5, 5.41) is 22.2. The maximum absolute atomic E-state index is 11.4. The summed E-state index contributed by atoms with van der Waals surface area (Å²) in [6.45, 7) is 3.38. The Morgan fingerprint density at radius 2 is 2.16 bits per heavy atom. The Morgan fingerprint density at radius 3 is 2.74 bits per heavy atom. The Labute approximate surface area is 108 Å². The topological polar surface area (TPSA) is 109 Å². The number of hydrogen-bond donors (Lipinski definition) is 1. The van der Waals surface area contributed by atoms with Gasteiger partial charge >= 0.3 is 0 Å². The Kier molecular flexibility index (Phi) is 3.32. The van der Waals surface area contributed by atoms with Crippen molar-refractivity contribution in [3.63, 3.8) is 0 Å². The van der Waals surface area contributed by atoms with Gasteiger partial charge in [-0.3, -0.25) is 14.9 Å². The van der Waals surface area contributed by atoms with Crippen LogP contribution in [0.3, 0.4) is 0 Å². The second-order valence-electron chi connectivity index (χ2n) is 4.10. The summed E-state index contributed by atoms with van der Waals surface area (Å²) in [5.41, 5.74) is 3.46. The van der Waals surface area contributed by atoms with E-state index in [4.69, 9.17) is 0 Å². The molecule has 0 aromatic heterocycles. The monoisotopic (exact) mass is 261 g/mol. The lowest BCUT2D eigenvalue weighted by atomic mass is 10.2. The van der Waals surface area contributed by atoms with Crippen LogP contribution in [0.25, 0.3) is 0 Å². The van der Waals surface area contributed by atoms with Crippen LogP contribution in [0.4, 0.5) is 11.4 Å². The van der Waals surface area contributed by atoms with Gasteiger partial charge in [0, 0.05) is 6.07 Å². The number of nitrogens with zero attached hydrogens (tertiary/aromatic N) is 4. The maximum atomic E-state index is 11.4. The lowest BCUT2D eigenvalue weighted by molar-refractivity contribution is -0.384. The quantitative estimate of drug-likeness (QED) is 0.509. The van der Waals surface area contributed by atoms with E-state index in [-0.39, 0.29) is 11.4 Å². The number of benzene rings is 1. The van der Waals surface area contributed by atoms with Gasteiger partial charge in [-0.1, -0.05) is 6.07 Å². The lowest BCUT2D eigenvalue weighted by Gasteiger charge is -2.00. The van der Waals surface area contributed by atoms with Gasteiger partial charge in [0.15, 0.2) is 11.7 Å². The first kappa shape index (κ1) is 12.8. The number of hydrazone groups is 1. The van der Waals surface area contributed by atoms with Crippen molar-refractivity contribution < 1.29 is 9.72 Å². The van der Waals surface area contributed by atoms with Crippen LogP contribution in [-0.2, 0) is 4.79 Å². The van der Waals surface area contributed by atoms with E-state index in [2.05, 4.69) is 20.8 Å². The second-order valence-corrected chi connectivity index (χ2v) is 4.10. The number of azo groups is 1. The first-order valence-electron chi connectivity index (χ1n) is 5.49. The van der Waals surface area contributed by atoms with Gasteiger partial charge in [-0.2, -0.15) is 10.2 Å². The van der Waals surface area contributed by atoms with Crippen molar-refractivity contribution >= 4 is 23.0 Å². The first-order chi connectivity index (χ1) is 8.99. The number of nitro benzene ring substituents is 1. The van der Waals surface area contributed by atoms with Crippen molar-refractivity contribution in [2.75, 3.05) is 0 Å². The van der Waals surface area contributed by atoms with Crippen LogP contribution in [0.2, 0.25) is 0 Å². The van der Waals surface area contributed by atoms with Crippen LogP contribution in [-0.4, -0.2) is 22.6 Å². The molecule has 8 nitrogen and oxygen atoms in total. The zero-order valence-electron chi connectivity index (χ0n) is 10.3. The van der Waals surface area contributed by atoms with E-state index in [1.165, 1.54) is 12.1 Å². The van der Waals surface area contributed by atoms with Crippen LogP contribution >= 0.6 is 0 Å². The molecule has 1 amide bonds. The normalized spacial score (nSPS) is 18.5. The minimum absolute atomic E-state index is 0.114. The van der Waals surface area contributed by atoms with E-state index in [9.17, 15) is 14.9 Å². The van der Waals surface area contributed by atoms with Crippen molar-refractivity contribution in [2.24, 2.45) is 15.3 Å². The SMILES string of the molecule is CC1=NNC(=O)C1N=Nc1ccc(C)cc1[N+](=O)[O-]. The van der Waals surface area contributed by atoms with Crippen molar-refractivity contribution in [1.82, 2.24) is 5.43 Å². The van der Waals surface area contributed by atoms with E-state index < -0.39 is 16.9 Å². The van der Waals surface area contributed by atoms with Crippen LogP contribution in [0.5, 0.6) is 0 Å². The predicted molar refractivity (Wildman–Crippen MR) is 67.4 cm³/mol. The predicted octanol–water partition coefficient (Wildman–Crippen LogP) is 1.86. The van der Waals surface area contributed by atoms with Crippen LogP contribution in [0, 0.1) is 17.0 Å². The summed E-state index contributed by atoms with van der Waals surface area (Å²) in [7, 11) is 0. The molecule has 0 spiro atoms. The molecule has 1 N–H and O–H groups in total. The molecule has 2 rings (SSSR count). The van der Waals surface area contributed by atoms with Gasteiger partial charge in [0.05, 0.1) is 10.6 Å². The third-order valence-corrected chi connectivity index (χ3v) is 2.60. The van der Waals surface area contributed by atoms with Gasteiger partial charge in [0.2, 0.25) is 0 Å². The Morgan fingerprint density at radius 1 is 1.42 bits per heavy atom. The second kappa shape index (κ2) is 4.92. The fourth-order valence-corrected chi connectivity index (χ4v) is 1.58. The molecule has 0 aliphatic carbocycles. The molecular formula is C11H11N5O3. The van der Waals surface area contributed by atoms with Crippen molar-refractivity contribution in [3.05, 3.63) is 33.9 Å². The molecule has 98 valence electrons. The van der Waals surface area contributed by atoms with Gasteiger partial charge < -0.3 is 0 Å². The highest BCUT2D eigenvalue weighted by molar-refractivity contribution is 6.10. The highest BCUT2D eigenvalue weighted by Gasteiger charge is 2.27. The molecule has 1 atom stereocenters. The fourth-order valence-electron chi connectivity index (χ4n) is 1.58. The molecule has 0 saturated heterocycles. The molecule has 0 radical (unpaired) electrons. The third kappa shape index (κ3) is 2.62. The molecule has 1 aliphatic heterocycles. The van der Waals surface area contributed by atoms with Gasteiger partial charge in [0.25, 0.3) is 11.6 Å². The molecule has 1 heterocycles. The zero-order chi connectivity index (χ0) is 14.0. The molecule has 19 heavy (non-hydrogen) atoms. The number of aryl methyl sites for hydroxylation is 1. The number of rotatable bonds is 3. The molecule has 1 aliphatic rings. The van der Waals surface area contributed by atoms with E-state index >= 15 is 0 Å². The number of carbonyl (C=O) groups is 1. The minimum atomic E-state index is -0.819. The number of hydrogen-bond acceptors (Lipinski definition) is 6. The van der Waals surface area contributed by atoms with Crippen molar-refractivity contribution in [2.45, 2.75) is 19.9 Å². The summed E-state index contributed by atoms with van der Waals surface area (Å²) in [4.78, 5) is 21.7. The van der Waals surface area contributed by atoms with E-state index in [1.807, 2.05) is 0 Å². The summed E-state index contributed by atoms with van der Waals surface area (Å²) < 4.78 is 0. The minimum Gasteiger partial charge on any atom is -0.270 e. The highest BCUT2D eigenvalue weighted by atomic mass is 16.6. The molecular weight excluding hydrogens is 250 g/mol. The van der Waals surface area contributed by atoms with Crippen molar-refractivity contribution in [1.29, 1.82) is 0 Å². The average molecular weight is 261 g/mol. The average Bonchev–Trinajstić information content (AvgIpc) is 2.68. The summed E-state index contributed by atoms with van der Waals surface area (Å²) in [6, 6.07) is 3.78. The Balaban J connectivity index is 2.31. The van der Waals surface area contributed by atoms with Gasteiger partial charge in [0.1, 0.15) is 0 Å².